The van der Waals surface area contributed by atoms with Crippen molar-refractivity contribution in [3.63, 3.8) is 0 Å². The number of aromatic nitrogens is 2. The Hall–Kier alpha value is -2.62. The molecule has 1 N–H and O–H groups in total. The highest BCUT2D eigenvalue weighted by molar-refractivity contribution is 5.97. The smallest absolute Gasteiger partial charge is 0.306 e. The van der Waals surface area contributed by atoms with E-state index in [1.807, 2.05) is 48.5 Å². The summed E-state index contributed by atoms with van der Waals surface area (Å²) < 4.78 is 1.39. The van der Waals surface area contributed by atoms with E-state index in [1.165, 1.54) is 4.68 Å². The molecule has 0 saturated heterocycles. The molecule has 0 saturated carbocycles. The van der Waals surface area contributed by atoms with Gasteiger partial charge in [-0.3, -0.25) is 0 Å². The summed E-state index contributed by atoms with van der Waals surface area (Å²) in [5.74, 6) is 0. The number of anilines is 1. The summed E-state index contributed by atoms with van der Waals surface area (Å²) in [6.45, 7) is 2.06. The number of aryl methyl sites for hydroxylation is 1. The fraction of sp³-hybridized carbons (Fsp3) is 0.125. The molecule has 4 nitrogen and oxygen atoms in total. The van der Waals surface area contributed by atoms with Crippen LogP contribution < -0.4 is 5.32 Å². The van der Waals surface area contributed by atoms with Gasteiger partial charge in [-0.2, -0.15) is 9.78 Å². The van der Waals surface area contributed by atoms with E-state index in [2.05, 4.69) is 17.3 Å². The van der Waals surface area contributed by atoms with Crippen molar-refractivity contribution in [2.75, 3.05) is 5.32 Å². The van der Waals surface area contributed by atoms with Crippen LogP contribution in [0.5, 0.6) is 0 Å². The SMILES string of the molecule is CCc1ccccc1NC(=O)n1ncc2ccccc21. The molecule has 1 heterocycles. The van der Waals surface area contributed by atoms with Crippen molar-refractivity contribution in [2.24, 2.45) is 0 Å². The van der Waals surface area contributed by atoms with Crippen LogP contribution in [0.3, 0.4) is 0 Å². The number of hydrogen-bond acceptors (Lipinski definition) is 2. The minimum Gasteiger partial charge on any atom is -0.306 e. The van der Waals surface area contributed by atoms with Crippen LogP contribution in [0.1, 0.15) is 12.5 Å². The van der Waals surface area contributed by atoms with Gasteiger partial charge in [0, 0.05) is 11.1 Å². The van der Waals surface area contributed by atoms with Crippen LogP contribution >= 0.6 is 0 Å². The molecule has 1 aromatic heterocycles. The minimum atomic E-state index is -0.243. The number of amides is 1. The van der Waals surface area contributed by atoms with Gasteiger partial charge in [0.05, 0.1) is 11.7 Å². The highest BCUT2D eigenvalue weighted by Gasteiger charge is 2.11. The Labute approximate surface area is 117 Å². The maximum Gasteiger partial charge on any atom is 0.347 e. The molecule has 3 aromatic rings. The second-order valence-corrected chi connectivity index (χ2v) is 4.56. The van der Waals surface area contributed by atoms with Crippen LogP contribution in [0.2, 0.25) is 0 Å². The largest absolute Gasteiger partial charge is 0.347 e. The summed E-state index contributed by atoms with van der Waals surface area (Å²) in [6.07, 6.45) is 2.57. The Morgan fingerprint density at radius 2 is 1.90 bits per heavy atom. The molecule has 0 bridgehead atoms. The third kappa shape index (κ3) is 2.16. The molecule has 0 aliphatic carbocycles. The van der Waals surface area contributed by atoms with Crippen LogP contribution in [0.25, 0.3) is 10.9 Å². The molecule has 0 fully saturated rings. The first-order valence-electron chi connectivity index (χ1n) is 6.61. The lowest BCUT2D eigenvalue weighted by Gasteiger charge is -2.09. The number of nitrogens with one attached hydrogen (secondary N) is 1. The number of benzene rings is 2. The van der Waals surface area contributed by atoms with Gasteiger partial charge >= 0.3 is 6.03 Å². The van der Waals surface area contributed by atoms with Gasteiger partial charge in [-0.05, 0) is 24.1 Å². The average Bonchev–Trinajstić information content (AvgIpc) is 2.92. The molecular weight excluding hydrogens is 250 g/mol. The maximum atomic E-state index is 12.3. The average molecular weight is 265 g/mol. The summed E-state index contributed by atoms with van der Waals surface area (Å²) in [5.41, 5.74) is 2.75. The Balaban J connectivity index is 1.93. The molecule has 0 spiro atoms. The van der Waals surface area contributed by atoms with Gasteiger partial charge < -0.3 is 5.32 Å². The molecule has 3 rings (SSSR count). The van der Waals surface area contributed by atoms with E-state index in [9.17, 15) is 4.79 Å². The number of hydrogen-bond donors (Lipinski definition) is 1. The highest BCUT2D eigenvalue weighted by Crippen LogP contribution is 2.17. The fourth-order valence-corrected chi connectivity index (χ4v) is 2.25. The summed E-state index contributed by atoms with van der Waals surface area (Å²) in [4.78, 5) is 12.3. The van der Waals surface area contributed by atoms with Gasteiger partial charge in [0.25, 0.3) is 0 Å². The molecule has 0 aliphatic heterocycles. The zero-order valence-corrected chi connectivity index (χ0v) is 11.2. The van der Waals surface area contributed by atoms with E-state index in [-0.39, 0.29) is 6.03 Å². The Morgan fingerprint density at radius 3 is 2.75 bits per heavy atom. The second kappa shape index (κ2) is 5.17. The van der Waals surface area contributed by atoms with E-state index in [0.29, 0.717) is 0 Å². The van der Waals surface area contributed by atoms with Crippen molar-refractivity contribution in [3.8, 4) is 0 Å². The van der Waals surface area contributed by atoms with Gasteiger partial charge in [-0.15, -0.1) is 0 Å². The van der Waals surface area contributed by atoms with E-state index in [0.717, 1.165) is 28.6 Å². The second-order valence-electron chi connectivity index (χ2n) is 4.56. The molecule has 0 unspecified atom stereocenters. The van der Waals surface area contributed by atoms with E-state index < -0.39 is 0 Å². The minimum absolute atomic E-state index is 0.243. The van der Waals surface area contributed by atoms with E-state index in [1.54, 1.807) is 6.20 Å². The number of carbonyl (C=O) groups excluding carboxylic acids is 1. The quantitative estimate of drug-likeness (QED) is 0.768. The van der Waals surface area contributed by atoms with Crippen molar-refractivity contribution < 1.29 is 4.79 Å². The van der Waals surface area contributed by atoms with Crippen molar-refractivity contribution in [2.45, 2.75) is 13.3 Å². The van der Waals surface area contributed by atoms with Gasteiger partial charge in [0.1, 0.15) is 0 Å². The first-order chi connectivity index (χ1) is 9.79. The molecular formula is C16H15N3O. The molecule has 0 radical (unpaired) electrons. The van der Waals surface area contributed by atoms with Crippen molar-refractivity contribution in [1.82, 2.24) is 9.78 Å². The topological polar surface area (TPSA) is 46.9 Å². The summed E-state index contributed by atoms with van der Waals surface area (Å²) >= 11 is 0. The third-order valence-corrected chi connectivity index (χ3v) is 3.31. The van der Waals surface area contributed by atoms with Crippen LogP contribution in [0.4, 0.5) is 10.5 Å². The first kappa shape index (κ1) is 12.4. The predicted molar refractivity (Wildman–Crippen MR) is 80.0 cm³/mol. The van der Waals surface area contributed by atoms with Gasteiger partial charge in [0.2, 0.25) is 0 Å². The predicted octanol–water partition coefficient (Wildman–Crippen LogP) is 3.68. The Bertz CT molecular complexity index is 761. The lowest BCUT2D eigenvalue weighted by atomic mass is 10.1. The maximum absolute atomic E-state index is 12.3. The van der Waals surface area contributed by atoms with Gasteiger partial charge in [-0.1, -0.05) is 43.3 Å². The fourth-order valence-electron chi connectivity index (χ4n) is 2.25. The number of carbonyl (C=O) groups is 1. The van der Waals surface area contributed by atoms with E-state index >= 15 is 0 Å². The van der Waals surface area contributed by atoms with Crippen LogP contribution in [0.15, 0.2) is 54.7 Å². The molecule has 2 aromatic carbocycles. The van der Waals surface area contributed by atoms with Crippen LogP contribution in [0, 0.1) is 0 Å². The van der Waals surface area contributed by atoms with E-state index in [4.69, 9.17) is 0 Å². The van der Waals surface area contributed by atoms with Gasteiger partial charge in [-0.25, -0.2) is 4.79 Å². The molecule has 1 amide bonds. The van der Waals surface area contributed by atoms with Crippen molar-refractivity contribution >= 4 is 22.6 Å². The molecule has 20 heavy (non-hydrogen) atoms. The summed E-state index contributed by atoms with van der Waals surface area (Å²) in [6, 6.07) is 15.2. The normalized spacial score (nSPS) is 10.7. The summed E-state index contributed by atoms with van der Waals surface area (Å²) in [7, 11) is 0. The molecule has 4 heteroatoms. The number of para-hydroxylation sites is 2. The van der Waals surface area contributed by atoms with Crippen molar-refractivity contribution in [1.29, 1.82) is 0 Å². The van der Waals surface area contributed by atoms with Crippen LogP contribution in [-0.2, 0) is 6.42 Å². The van der Waals surface area contributed by atoms with Gasteiger partial charge in [0.15, 0.2) is 0 Å². The van der Waals surface area contributed by atoms with Crippen molar-refractivity contribution in [3.05, 3.63) is 60.3 Å². The standard InChI is InChI=1S/C16H15N3O/c1-2-12-7-3-5-9-14(12)18-16(20)19-15-10-6-4-8-13(15)11-17-19/h3-11H,2H2,1H3,(H,18,20). The Kier molecular flexibility index (Phi) is 3.21. The number of nitrogens with zero attached hydrogens (tertiary/aromatic N) is 2. The zero-order chi connectivity index (χ0) is 13.9. The number of fused-ring (bicyclic) bond motifs is 1. The molecule has 0 aliphatic rings. The van der Waals surface area contributed by atoms with Crippen LogP contribution in [-0.4, -0.2) is 15.8 Å². The third-order valence-electron chi connectivity index (χ3n) is 3.31. The lowest BCUT2D eigenvalue weighted by Crippen LogP contribution is -2.21. The molecule has 100 valence electrons. The monoisotopic (exact) mass is 265 g/mol. The lowest BCUT2D eigenvalue weighted by molar-refractivity contribution is 0.252. The Morgan fingerprint density at radius 1 is 1.15 bits per heavy atom. The summed E-state index contributed by atoms with van der Waals surface area (Å²) in [5, 5.41) is 8.02. The first-order valence-corrected chi connectivity index (χ1v) is 6.61. The highest BCUT2D eigenvalue weighted by atomic mass is 16.2. The number of rotatable bonds is 2. The molecule has 0 atom stereocenters. The zero-order valence-electron chi connectivity index (χ0n) is 11.2.